The first kappa shape index (κ1) is 14.0. The Labute approximate surface area is 121 Å². The van der Waals surface area contributed by atoms with E-state index in [1.54, 1.807) is 0 Å². The third-order valence-corrected chi connectivity index (χ3v) is 4.39. The summed E-state index contributed by atoms with van der Waals surface area (Å²) in [6.07, 6.45) is 8.01. The quantitative estimate of drug-likeness (QED) is 0.795. The van der Waals surface area contributed by atoms with E-state index >= 15 is 0 Å². The first-order valence-corrected chi connectivity index (χ1v) is 7.92. The minimum absolute atomic E-state index is 0.309. The predicted octanol–water partition coefficient (Wildman–Crippen LogP) is 1.25. The lowest BCUT2D eigenvalue weighted by molar-refractivity contribution is -0.0554. The van der Waals surface area contributed by atoms with Crippen molar-refractivity contribution in [2.45, 2.75) is 51.4 Å². The van der Waals surface area contributed by atoms with E-state index in [0.717, 1.165) is 39.2 Å². The van der Waals surface area contributed by atoms with E-state index in [0.29, 0.717) is 12.1 Å². The maximum absolute atomic E-state index is 6.04. The third kappa shape index (κ3) is 3.22. The molecule has 5 heteroatoms. The normalized spacial score (nSPS) is 26.9. The van der Waals surface area contributed by atoms with Crippen LogP contribution in [0.4, 0.5) is 0 Å². The van der Waals surface area contributed by atoms with Gasteiger partial charge in [0.25, 0.3) is 0 Å². The Morgan fingerprint density at radius 3 is 3.35 bits per heavy atom. The van der Waals surface area contributed by atoms with Crippen molar-refractivity contribution in [2.75, 3.05) is 26.2 Å². The van der Waals surface area contributed by atoms with Crippen LogP contribution >= 0.6 is 0 Å². The van der Waals surface area contributed by atoms with Crippen molar-refractivity contribution >= 4 is 0 Å². The van der Waals surface area contributed by atoms with Gasteiger partial charge >= 0.3 is 0 Å². The summed E-state index contributed by atoms with van der Waals surface area (Å²) in [6, 6.07) is 0.680. The molecule has 20 heavy (non-hydrogen) atoms. The predicted molar refractivity (Wildman–Crippen MR) is 78.6 cm³/mol. The zero-order chi connectivity index (χ0) is 13.8. The summed E-state index contributed by atoms with van der Waals surface area (Å²) in [5.41, 5.74) is 1.26. The van der Waals surface area contributed by atoms with Crippen LogP contribution in [0.5, 0.6) is 0 Å². The molecule has 3 heterocycles. The van der Waals surface area contributed by atoms with Crippen molar-refractivity contribution in [3.05, 3.63) is 18.2 Å². The van der Waals surface area contributed by atoms with Crippen LogP contribution in [0.2, 0.25) is 0 Å². The van der Waals surface area contributed by atoms with Gasteiger partial charge in [-0.1, -0.05) is 6.92 Å². The molecule has 2 atom stereocenters. The average molecular weight is 278 g/mol. The second-order valence-electron chi connectivity index (χ2n) is 5.96. The van der Waals surface area contributed by atoms with Gasteiger partial charge in [-0.15, -0.1) is 0 Å². The van der Waals surface area contributed by atoms with Crippen LogP contribution in [0.25, 0.3) is 0 Å². The van der Waals surface area contributed by atoms with Crippen LogP contribution in [0.1, 0.15) is 31.9 Å². The minimum Gasteiger partial charge on any atom is -0.373 e. The molecule has 5 nitrogen and oxygen atoms in total. The molecule has 1 aromatic heterocycles. The summed E-state index contributed by atoms with van der Waals surface area (Å²) < 4.78 is 8.27. The average Bonchev–Trinajstić information content (AvgIpc) is 3.08. The van der Waals surface area contributed by atoms with Gasteiger partial charge in [-0.25, -0.2) is 4.98 Å². The van der Waals surface area contributed by atoms with Crippen LogP contribution < -0.4 is 5.32 Å². The summed E-state index contributed by atoms with van der Waals surface area (Å²) in [5, 5.41) is 3.44. The minimum atomic E-state index is 0.309. The van der Waals surface area contributed by atoms with Crippen LogP contribution in [-0.2, 0) is 17.8 Å². The van der Waals surface area contributed by atoms with Crippen LogP contribution in [0.3, 0.4) is 0 Å². The Bertz CT molecular complexity index is 420. The molecule has 2 aliphatic rings. The number of rotatable bonds is 6. The molecular weight excluding hydrogens is 252 g/mol. The molecule has 0 aromatic carbocycles. The van der Waals surface area contributed by atoms with Crippen LogP contribution in [0, 0.1) is 0 Å². The number of imidazole rings is 1. The molecule has 1 aromatic rings. The summed E-state index contributed by atoms with van der Waals surface area (Å²) in [4.78, 5) is 6.88. The van der Waals surface area contributed by atoms with Crippen molar-refractivity contribution in [3.63, 3.8) is 0 Å². The molecule has 0 radical (unpaired) electrons. The Hall–Kier alpha value is -0.910. The monoisotopic (exact) mass is 278 g/mol. The molecule has 0 saturated carbocycles. The molecule has 3 rings (SSSR count). The Morgan fingerprint density at radius 2 is 2.45 bits per heavy atom. The molecule has 1 N–H and O–H groups in total. The number of nitrogens with one attached hydrogen (secondary N) is 1. The van der Waals surface area contributed by atoms with Gasteiger partial charge < -0.3 is 14.6 Å². The molecule has 2 fully saturated rings. The molecule has 0 spiro atoms. The van der Waals surface area contributed by atoms with E-state index in [2.05, 4.69) is 26.7 Å². The first-order valence-electron chi connectivity index (χ1n) is 7.92. The number of morpholine rings is 1. The zero-order valence-electron chi connectivity index (χ0n) is 12.4. The SMILES string of the molecule is CCCNCc1cncn1CC1CN2CCCC2CO1. The van der Waals surface area contributed by atoms with E-state index in [4.69, 9.17) is 4.74 Å². The standard InChI is InChI=1S/C15H26N4O/c1-2-5-16-7-14-8-17-12-19(14)10-15-9-18-6-3-4-13(18)11-20-15/h8,12-13,15-16H,2-7,9-11H2,1H3. The topological polar surface area (TPSA) is 42.3 Å². The van der Waals surface area contributed by atoms with E-state index < -0.39 is 0 Å². The maximum atomic E-state index is 6.04. The van der Waals surface area contributed by atoms with E-state index in [-0.39, 0.29) is 0 Å². The highest BCUT2D eigenvalue weighted by Crippen LogP contribution is 2.23. The molecule has 112 valence electrons. The first-order chi connectivity index (χ1) is 9.86. The molecule has 2 unspecified atom stereocenters. The van der Waals surface area contributed by atoms with E-state index in [9.17, 15) is 0 Å². The van der Waals surface area contributed by atoms with Crippen molar-refractivity contribution in [3.8, 4) is 0 Å². The second-order valence-corrected chi connectivity index (χ2v) is 5.96. The molecular formula is C15H26N4O. The smallest absolute Gasteiger partial charge is 0.0949 e. The van der Waals surface area contributed by atoms with Gasteiger partial charge in [0, 0.05) is 25.3 Å². The van der Waals surface area contributed by atoms with Crippen LogP contribution in [0.15, 0.2) is 12.5 Å². The Morgan fingerprint density at radius 1 is 1.50 bits per heavy atom. The molecule has 0 aliphatic carbocycles. The van der Waals surface area contributed by atoms with E-state index in [1.807, 2.05) is 12.5 Å². The summed E-state index contributed by atoms with van der Waals surface area (Å²) in [7, 11) is 0. The largest absolute Gasteiger partial charge is 0.373 e. The zero-order valence-corrected chi connectivity index (χ0v) is 12.4. The molecule has 2 aliphatic heterocycles. The highest BCUT2D eigenvalue weighted by molar-refractivity contribution is 4.99. The van der Waals surface area contributed by atoms with Gasteiger partial charge in [0.05, 0.1) is 31.3 Å². The van der Waals surface area contributed by atoms with Crippen molar-refractivity contribution < 1.29 is 4.74 Å². The number of fused-ring (bicyclic) bond motifs is 1. The van der Waals surface area contributed by atoms with Gasteiger partial charge in [0.1, 0.15) is 0 Å². The number of nitrogens with zero attached hydrogens (tertiary/aromatic N) is 3. The summed E-state index contributed by atoms with van der Waals surface area (Å²) in [6.45, 7) is 8.29. The molecule has 0 bridgehead atoms. The fourth-order valence-electron chi connectivity index (χ4n) is 3.27. The van der Waals surface area contributed by atoms with Gasteiger partial charge in [-0.2, -0.15) is 0 Å². The lowest BCUT2D eigenvalue weighted by Gasteiger charge is -2.35. The lowest BCUT2D eigenvalue weighted by Crippen LogP contribution is -2.47. The van der Waals surface area contributed by atoms with Crippen molar-refractivity contribution in [2.24, 2.45) is 0 Å². The Kier molecular flexibility index (Phi) is 4.70. The second kappa shape index (κ2) is 6.70. The lowest BCUT2D eigenvalue weighted by atomic mass is 10.2. The third-order valence-electron chi connectivity index (χ3n) is 4.39. The number of hydrogen-bond acceptors (Lipinski definition) is 4. The van der Waals surface area contributed by atoms with Crippen molar-refractivity contribution in [1.29, 1.82) is 0 Å². The van der Waals surface area contributed by atoms with Crippen molar-refractivity contribution in [1.82, 2.24) is 19.8 Å². The van der Waals surface area contributed by atoms with Crippen LogP contribution in [-0.4, -0.2) is 52.8 Å². The van der Waals surface area contributed by atoms with Gasteiger partial charge in [-0.05, 0) is 32.4 Å². The molecule has 0 amide bonds. The fourth-order valence-corrected chi connectivity index (χ4v) is 3.27. The number of aromatic nitrogens is 2. The van der Waals surface area contributed by atoms with Gasteiger partial charge in [0.15, 0.2) is 0 Å². The molecule has 2 saturated heterocycles. The number of ether oxygens (including phenoxy) is 1. The van der Waals surface area contributed by atoms with E-state index in [1.165, 1.54) is 25.1 Å². The summed E-state index contributed by atoms with van der Waals surface area (Å²) in [5.74, 6) is 0. The highest BCUT2D eigenvalue weighted by Gasteiger charge is 2.32. The fraction of sp³-hybridized carbons (Fsp3) is 0.800. The van der Waals surface area contributed by atoms with Gasteiger partial charge in [0.2, 0.25) is 0 Å². The summed E-state index contributed by atoms with van der Waals surface area (Å²) >= 11 is 0. The van der Waals surface area contributed by atoms with Gasteiger partial charge in [-0.3, -0.25) is 4.90 Å². The number of hydrogen-bond donors (Lipinski definition) is 1. The highest BCUT2D eigenvalue weighted by atomic mass is 16.5. The Balaban J connectivity index is 1.53. The maximum Gasteiger partial charge on any atom is 0.0949 e.